The van der Waals surface area contributed by atoms with Gasteiger partial charge in [-0.25, -0.2) is 8.42 Å². The summed E-state index contributed by atoms with van der Waals surface area (Å²) in [5, 5.41) is 8.89. The Labute approximate surface area is 150 Å². The van der Waals surface area contributed by atoms with Crippen molar-refractivity contribution in [2.24, 2.45) is 0 Å². The first kappa shape index (κ1) is 19.2. The first-order valence-electron chi connectivity index (χ1n) is 8.23. The summed E-state index contributed by atoms with van der Waals surface area (Å²) in [4.78, 5) is 0.210. The van der Waals surface area contributed by atoms with E-state index in [1.165, 1.54) is 4.31 Å². The molecule has 0 unspecified atom stereocenters. The Hall–Kier alpha value is -2.13. The van der Waals surface area contributed by atoms with Gasteiger partial charge in [-0.15, -0.1) is 0 Å². The summed E-state index contributed by atoms with van der Waals surface area (Å²) < 4.78 is 27.7. The maximum Gasteiger partial charge on any atom is 0.244 e. The van der Waals surface area contributed by atoms with Crippen molar-refractivity contribution in [3.63, 3.8) is 0 Å². The summed E-state index contributed by atoms with van der Waals surface area (Å²) in [6.45, 7) is 4.36. The summed E-state index contributed by atoms with van der Waals surface area (Å²) in [6, 6.07) is 14.7. The van der Waals surface area contributed by atoms with Gasteiger partial charge in [-0.1, -0.05) is 55.2 Å². The highest BCUT2D eigenvalue weighted by Gasteiger charge is 2.25. The van der Waals surface area contributed by atoms with E-state index in [2.05, 4.69) is 11.8 Å². The largest absolute Gasteiger partial charge is 0.395 e. The van der Waals surface area contributed by atoms with Crippen LogP contribution in [-0.2, 0) is 16.6 Å². The zero-order valence-electron chi connectivity index (χ0n) is 14.6. The quantitative estimate of drug-likeness (QED) is 0.809. The van der Waals surface area contributed by atoms with E-state index in [4.69, 9.17) is 5.11 Å². The third kappa shape index (κ3) is 4.93. The molecule has 4 nitrogen and oxygen atoms in total. The molecule has 0 aromatic heterocycles. The number of rotatable bonds is 6. The molecular weight excluding hydrogens is 334 g/mol. The molecular formula is C20H23NO3S. The van der Waals surface area contributed by atoms with Crippen LogP contribution in [0.5, 0.6) is 0 Å². The van der Waals surface area contributed by atoms with Crippen LogP contribution in [0.3, 0.4) is 0 Å². The first-order chi connectivity index (χ1) is 12.0. The Morgan fingerprint density at radius 3 is 2.48 bits per heavy atom. The van der Waals surface area contributed by atoms with Crippen LogP contribution in [0.1, 0.15) is 30.0 Å². The lowest BCUT2D eigenvalue weighted by Crippen LogP contribution is -2.31. The molecule has 2 aromatic rings. The van der Waals surface area contributed by atoms with Crippen LogP contribution < -0.4 is 0 Å². The summed E-state index contributed by atoms with van der Waals surface area (Å²) in [5.41, 5.74) is 2.35. The number of aliphatic hydroxyl groups excluding tert-OH is 1. The van der Waals surface area contributed by atoms with Gasteiger partial charge in [0.05, 0.1) is 11.5 Å². The van der Waals surface area contributed by atoms with E-state index >= 15 is 0 Å². The van der Waals surface area contributed by atoms with E-state index in [9.17, 15) is 8.42 Å². The minimum absolute atomic E-state index is 0.0456. The number of benzene rings is 2. The second-order valence-electron chi connectivity index (χ2n) is 5.69. The van der Waals surface area contributed by atoms with Crippen LogP contribution in [0.4, 0.5) is 0 Å². The minimum Gasteiger partial charge on any atom is -0.395 e. The van der Waals surface area contributed by atoms with E-state index in [1.54, 1.807) is 18.2 Å². The van der Waals surface area contributed by atoms with Gasteiger partial charge in [0.15, 0.2) is 0 Å². The fourth-order valence-corrected chi connectivity index (χ4v) is 4.04. The zero-order chi connectivity index (χ0) is 18.3. The van der Waals surface area contributed by atoms with Crippen molar-refractivity contribution in [2.75, 3.05) is 13.2 Å². The standard InChI is InChI=1S/C20H23NO3S/c1-3-21(16-18-9-5-4-6-10-18)25(23,24)20-13-12-17(2)15-19(20)11-7-8-14-22/h4-6,9-10,12-13,15,22H,3,8,14,16H2,1-2H3. The molecule has 0 spiro atoms. The fraction of sp³-hybridized carbons (Fsp3) is 0.300. The summed E-state index contributed by atoms with van der Waals surface area (Å²) in [6.07, 6.45) is 0.314. The lowest BCUT2D eigenvalue weighted by molar-refractivity contribution is 0.305. The molecule has 132 valence electrons. The normalized spacial score (nSPS) is 11.2. The van der Waals surface area contributed by atoms with Crippen molar-refractivity contribution in [1.29, 1.82) is 0 Å². The van der Waals surface area contributed by atoms with Gasteiger partial charge in [-0.2, -0.15) is 4.31 Å². The summed E-state index contributed by atoms with van der Waals surface area (Å²) in [7, 11) is -3.67. The SMILES string of the molecule is CCN(Cc1ccccc1)S(=O)(=O)c1ccc(C)cc1C#CCCO. The van der Waals surface area contributed by atoms with Gasteiger partial charge < -0.3 is 5.11 Å². The van der Waals surface area contributed by atoms with Crippen molar-refractivity contribution in [3.8, 4) is 11.8 Å². The molecule has 0 aliphatic carbocycles. The maximum atomic E-state index is 13.1. The van der Waals surface area contributed by atoms with Crippen molar-refractivity contribution in [2.45, 2.75) is 31.7 Å². The Morgan fingerprint density at radius 1 is 1.12 bits per heavy atom. The van der Waals surface area contributed by atoms with Gasteiger partial charge in [-0.3, -0.25) is 0 Å². The molecule has 2 rings (SSSR count). The second kappa shape index (κ2) is 8.82. The van der Waals surface area contributed by atoms with Crippen LogP contribution in [0.2, 0.25) is 0 Å². The van der Waals surface area contributed by atoms with Crippen LogP contribution in [0.25, 0.3) is 0 Å². The third-order valence-corrected chi connectivity index (χ3v) is 5.75. The molecule has 5 heteroatoms. The zero-order valence-corrected chi connectivity index (χ0v) is 15.4. The lowest BCUT2D eigenvalue weighted by atomic mass is 10.1. The van der Waals surface area contributed by atoms with Crippen LogP contribution in [-0.4, -0.2) is 31.0 Å². The fourth-order valence-electron chi connectivity index (χ4n) is 2.47. The second-order valence-corrected chi connectivity index (χ2v) is 7.60. The van der Waals surface area contributed by atoms with Gasteiger partial charge >= 0.3 is 0 Å². The van der Waals surface area contributed by atoms with Crippen molar-refractivity contribution in [3.05, 3.63) is 65.2 Å². The van der Waals surface area contributed by atoms with Crippen molar-refractivity contribution < 1.29 is 13.5 Å². The average Bonchev–Trinajstić information content (AvgIpc) is 2.60. The topological polar surface area (TPSA) is 57.6 Å². The summed E-state index contributed by atoms with van der Waals surface area (Å²) in [5.74, 6) is 5.70. The van der Waals surface area contributed by atoms with Crippen LogP contribution >= 0.6 is 0 Å². The Kier molecular flexibility index (Phi) is 6.77. The molecule has 0 aliphatic rings. The maximum absolute atomic E-state index is 13.1. The molecule has 0 saturated heterocycles. The Balaban J connectivity index is 2.42. The molecule has 0 amide bonds. The lowest BCUT2D eigenvalue weighted by Gasteiger charge is -2.21. The van der Waals surface area contributed by atoms with E-state index < -0.39 is 10.0 Å². The molecule has 25 heavy (non-hydrogen) atoms. The number of hydrogen-bond acceptors (Lipinski definition) is 3. The minimum atomic E-state index is -3.67. The first-order valence-corrected chi connectivity index (χ1v) is 9.67. The predicted molar refractivity (Wildman–Crippen MR) is 99.5 cm³/mol. The van der Waals surface area contributed by atoms with Crippen LogP contribution in [0, 0.1) is 18.8 Å². The van der Waals surface area contributed by atoms with Crippen molar-refractivity contribution in [1.82, 2.24) is 4.31 Å². The predicted octanol–water partition coefficient (Wildman–Crippen LogP) is 2.94. The van der Waals surface area contributed by atoms with Crippen LogP contribution in [0.15, 0.2) is 53.4 Å². The van der Waals surface area contributed by atoms with Crippen molar-refractivity contribution >= 4 is 10.0 Å². The molecule has 0 radical (unpaired) electrons. The summed E-state index contributed by atoms with van der Waals surface area (Å²) >= 11 is 0. The van der Waals surface area contributed by atoms with E-state index in [0.717, 1.165) is 11.1 Å². The highest BCUT2D eigenvalue weighted by Crippen LogP contribution is 2.22. The highest BCUT2D eigenvalue weighted by molar-refractivity contribution is 7.89. The number of aliphatic hydroxyl groups is 1. The molecule has 0 aliphatic heterocycles. The molecule has 0 heterocycles. The van der Waals surface area contributed by atoms with E-state index in [1.807, 2.05) is 44.2 Å². The average molecular weight is 357 g/mol. The Morgan fingerprint density at radius 2 is 1.84 bits per heavy atom. The molecule has 0 bridgehead atoms. The number of sulfonamides is 1. The van der Waals surface area contributed by atoms with Gasteiger partial charge in [0.25, 0.3) is 0 Å². The number of aryl methyl sites for hydroxylation is 1. The highest BCUT2D eigenvalue weighted by atomic mass is 32.2. The van der Waals surface area contributed by atoms with Gasteiger partial charge in [0.1, 0.15) is 0 Å². The van der Waals surface area contributed by atoms with E-state index in [0.29, 0.717) is 25.1 Å². The van der Waals surface area contributed by atoms with Gasteiger partial charge in [0, 0.05) is 25.1 Å². The molecule has 0 atom stereocenters. The smallest absolute Gasteiger partial charge is 0.244 e. The number of hydrogen-bond donors (Lipinski definition) is 1. The molecule has 1 N–H and O–H groups in total. The molecule has 0 saturated carbocycles. The third-order valence-electron chi connectivity index (χ3n) is 3.77. The van der Waals surface area contributed by atoms with Gasteiger partial charge in [0.2, 0.25) is 10.0 Å². The Bertz CT molecular complexity index is 865. The molecule has 0 fully saturated rings. The number of nitrogens with zero attached hydrogens (tertiary/aromatic N) is 1. The molecule has 2 aromatic carbocycles. The van der Waals surface area contributed by atoms with E-state index in [-0.39, 0.29) is 11.5 Å². The van der Waals surface area contributed by atoms with Gasteiger partial charge in [-0.05, 0) is 30.2 Å². The monoisotopic (exact) mass is 357 g/mol.